The molecule has 10 heteroatoms. The van der Waals surface area contributed by atoms with Crippen LogP contribution >= 0.6 is 0 Å². The Morgan fingerprint density at radius 1 is 1.14 bits per heavy atom. The fourth-order valence-corrected chi connectivity index (χ4v) is 4.25. The van der Waals surface area contributed by atoms with Crippen LogP contribution in [-0.4, -0.2) is 54.0 Å². The molecule has 1 aliphatic rings. The number of nitrogens with one attached hydrogen (secondary N) is 2. The van der Waals surface area contributed by atoms with E-state index in [4.69, 9.17) is 9.47 Å². The number of nitrogens with zero attached hydrogens (tertiary/aromatic N) is 1. The summed E-state index contributed by atoms with van der Waals surface area (Å²) in [6, 6.07) is 9.64. The van der Waals surface area contributed by atoms with E-state index >= 15 is 0 Å². The summed E-state index contributed by atoms with van der Waals surface area (Å²) in [5.74, 6) is -0.0332. The Bertz CT molecular complexity index is 1290. The summed E-state index contributed by atoms with van der Waals surface area (Å²) in [6.07, 6.45) is 3.64. The van der Waals surface area contributed by atoms with E-state index in [0.717, 1.165) is 22.3 Å². The molecule has 0 saturated heterocycles. The zero-order valence-electron chi connectivity index (χ0n) is 19.6. The maximum absolute atomic E-state index is 14.2. The lowest BCUT2D eigenvalue weighted by atomic mass is 9.78. The number of hydrogen-bond donors (Lipinski definition) is 4. The summed E-state index contributed by atoms with van der Waals surface area (Å²) in [4.78, 5) is 12.4. The lowest BCUT2D eigenvalue weighted by Crippen LogP contribution is -2.32. The third-order valence-corrected chi connectivity index (χ3v) is 5.96. The van der Waals surface area contributed by atoms with Crippen LogP contribution in [0, 0.1) is 5.82 Å². The minimum absolute atomic E-state index is 0.124. The number of rotatable bonds is 8. The Labute approximate surface area is 202 Å². The normalized spacial score (nSPS) is 13.7. The smallest absolute Gasteiger partial charge is 0.496 e. The first-order valence-corrected chi connectivity index (χ1v) is 10.9. The number of carbonyl (C=O) groups excluding carboxylic acids is 1. The Morgan fingerprint density at radius 2 is 1.86 bits per heavy atom. The molecule has 0 bridgehead atoms. The molecule has 2 aromatic carbocycles. The van der Waals surface area contributed by atoms with Crippen LogP contribution < -0.4 is 20.3 Å². The van der Waals surface area contributed by atoms with E-state index in [1.54, 1.807) is 30.5 Å². The maximum atomic E-state index is 14.2. The summed E-state index contributed by atoms with van der Waals surface area (Å²) in [6.45, 7) is 2.15. The molecule has 0 fully saturated rings. The van der Waals surface area contributed by atoms with Gasteiger partial charge in [0.1, 0.15) is 17.3 Å². The number of aromatic amines is 1. The topological polar surface area (TPSA) is 117 Å². The van der Waals surface area contributed by atoms with Crippen molar-refractivity contribution >= 4 is 35.7 Å². The minimum atomic E-state index is -1.77. The first-order chi connectivity index (χ1) is 16.8. The average Bonchev–Trinajstić information content (AvgIpc) is 3.43. The molecular formula is C25H25BFN3O5. The van der Waals surface area contributed by atoms with Crippen LogP contribution in [0.3, 0.4) is 0 Å². The van der Waals surface area contributed by atoms with Crippen LogP contribution in [0.2, 0.25) is 0 Å². The van der Waals surface area contributed by atoms with Crippen molar-refractivity contribution in [3.8, 4) is 11.5 Å². The van der Waals surface area contributed by atoms with Crippen LogP contribution in [-0.2, 0) is 11.2 Å². The number of methoxy groups -OCH3 is 2. The lowest BCUT2D eigenvalue weighted by Gasteiger charge is -2.14. The van der Waals surface area contributed by atoms with Crippen LogP contribution in [0.1, 0.15) is 29.3 Å². The van der Waals surface area contributed by atoms with Gasteiger partial charge in [-0.15, -0.1) is 0 Å². The van der Waals surface area contributed by atoms with Crippen molar-refractivity contribution in [1.29, 1.82) is 0 Å². The van der Waals surface area contributed by atoms with Crippen molar-refractivity contribution in [2.75, 3.05) is 20.8 Å². The number of benzene rings is 2. The second kappa shape index (κ2) is 10.2. The number of hydrogen-bond acceptors (Lipinski definition) is 6. The van der Waals surface area contributed by atoms with E-state index in [0.29, 0.717) is 16.8 Å². The van der Waals surface area contributed by atoms with Crippen LogP contribution in [0.5, 0.6) is 11.5 Å². The molecule has 35 heavy (non-hydrogen) atoms. The first kappa shape index (κ1) is 24.2. The third kappa shape index (κ3) is 4.98. The third-order valence-electron chi connectivity index (χ3n) is 5.96. The molecule has 180 valence electrons. The quantitative estimate of drug-likeness (QED) is 0.369. The van der Waals surface area contributed by atoms with Gasteiger partial charge in [0.05, 0.1) is 26.1 Å². The van der Waals surface area contributed by atoms with Crippen molar-refractivity contribution in [2.45, 2.75) is 13.3 Å². The number of H-pyrrole nitrogens is 1. The zero-order chi connectivity index (χ0) is 25.1. The maximum Gasteiger partial charge on any atom is 0.496 e. The van der Waals surface area contributed by atoms with Gasteiger partial charge in [0, 0.05) is 18.4 Å². The molecule has 3 aromatic rings. The van der Waals surface area contributed by atoms with E-state index in [-0.39, 0.29) is 41.7 Å². The highest BCUT2D eigenvalue weighted by atomic mass is 19.1. The van der Waals surface area contributed by atoms with Gasteiger partial charge >= 0.3 is 7.12 Å². The lowest BCUT2D eigenvalue weighted by molar-refractivity contribution is -0.120. The van der Waals surface area contributed by atoms with E-state index in [2.05, 4.69) is 15.5 Å². The fraction of sp³-hybridized carbons (Fsp3) is 0.200. The fourth-order valence-electron chi connectivity index (χ4n) is 4.25. The molecule has 1 amide bonds. The molecule has 1 aromatic heterocycles. The van der Waals surface area contributed by atoms with Gasteiger partial charge in [0.25, 0.3) is 0 Å². The molecule has 0 aliphatic heterocycles. The van der Waals surface area contributed by atoms with Crippen molar-refractivity contribution in [1.82, 2.24) is 15.5 Å². The van der Waals surface area contributed by atoms with Crippen molar-refractivity contribution < 1.29 is 28.7 Å². The highest BCUT2D eigenvalue weighted by Crippen LogP contribution is 2.42. The van der Waals surface area contributed by atoms with Gasteiger partial charge < -0.3 is 24.8 Å². The van der Waals surface area contributed by atoms with Crippen LogP contribution in [0.4, 0.5) is 4.39 Å². The summed E-state index contributed by atoms with van der Waals surface area (Å²) >= 11 is 0. The van der Waals surface area contributed by atoms with E-state index in [1.165, 1.54) is 26.4 Å². The molecule has 1 heterocycles. The Kier molecular flexibility index (Phi) is 7.04. The predicted molar refractivity (Wildman–Crippen MR) is 132 cm³/mol. The SMILES string of the molecule is COc1cc(/C=C2/C(C)=C(CNC(=O)Cc3ccn[nH]3)c3cc(F)ccc32)cc(OC)c1B(O)O. The Morgan fingerprint density at radius 3 is 2.46 bits per heavy atom. The molecule has 0 spiro atoms. The number of amides is 1. The number of ether oxygens (including phenoxy) is 2. The molecule has 8 nitrogen and oxygen atoms in total. The number of halogens is 1. The summed E-state index contributed by atoms with van der Waals surface area (Å²) in [5.41, 5.74) is 5.59. The Hall–Kier alpha value is -3.89. The standard InChI is InChI=1S/C25H25BFN3O5/c1-14-19(8-15-9-22(34-2)25(26(32)33)23(10-15)35-3)18-5-4-16(27)11-20(18)21(14)13-28-24(31)12-17-6-7-29-30-17/h4-11,32-33H,12-13H2,1-3H3,(H,28,31)(H,29,30)/b19-8-. The van der Waals surface area contributed by atoms with Gasteiger partial charge in [-0.2, -0.15) is 5.10 Å². The number of fused-ring (bicyclic) bond motifs is 1. The van der Waals surface area contributed by atoms with Crippen molar-refractivity contribution in [3.05, 3.63) is 76.4 Å². The van der Waals surface area contributed by atoms with Gasteiger partial charge in [-0.3, -0.25) is 9.89 Å². The zero-order valence-corrected chi connectivity index (χ0v) is 19.6. The first-order valence-electron chi connectivity index (χ1n) is 10.9. The average molecular weight is 477 g/mol. The predicted octanol–water partition coefficient (Wildman–Crippen LogP) is 1.93. The molecule has 0 atom stereocenters. The Balaban J connectivity index is 1.71. The van der Waals surface area contributed by atoms with Gasteiger partial charge in [0.2, 0.25) is 5.91 Å². The molecular weight excluding hydrogens is 452 g/mol. The molecule has 1 aliphatic carbocycles. The molecule has 0 unspecified atom stereocenters. The van der Waals surface area contributed by atoms with Crippen LogP contribution in [0.15, 0.2) is 48.2 Å². The second-order valence-corrected chi connectivity index (χ2v) is 8.10. The second-order valence-electron chi connectivity index (χ2n) is 8.10. The van der Waals surface area contributed by atoms with E-state index in [9.17, 15) is 19.2 Å². The molecule has 0 radical (unpaired) electrons. The monoisotopic (exact) mass is 477 g/mol. The molecule has 4 N–H and O–H groups in total. The molecule has 4 rings (SSSR count). The number of allylic oxidation sites excluding steroid dienone is 2. The number of carbonyl (C=O) groups is 1. The van der Waals surface area contributed by atoms with Gasteiger partial charge in [-0.1, -0.05) is 6.07 Å². The minimum Gasteiger partial charge on any atom is -0.497 e. The van der Waals surface area contributed by atoms with E-state index in [1.807, 2.05) is 13.0 Å². The highest BCUT2D eigenvalue weighted by molar-refractivity contribution is 6.61. The highest BCUT2D eigenvalue weighted by Gasteiger charge is 2.26. The summed E-state index contributed by atoms with van der Waals surface area (Å²) in [5, 5.41) is 29.0. The summed E-state index contributed by atoms with van der Waals surface area (Å²) < 4.78 is 24.9. The van der Waals surface area contributed by atoms with Crippen molar-refractivity contribution in [3.63, 3.8) is 0 Å². The number of aromatic nitrogens is 2. The van der Waals surface area contributed by atoms with Crippen LogP contribution in [0.25, 0.3) is 17.2 Å². The largest absolute Gasteiger partial charge is 0.497 e. The van der Waals surface area contributed by atoms with Gasteiger partial charge in [-0.25, -0.2) is 4.39 Å². The van der Waals surface area contributed by atoms with E-state index < -0.39 is 7.12 Å². The van der Waals surface area contributed by atoms with Crippen molar-refractivity contribution in [2.24, 2.45) is 0 Å². The van der Waals surface area contributed by atoms with Gasteiger partial charge in [-0.05, 0) is 76.7 Å². The van der Waals surface area contributed by atoms with Gasteiger partial charge in [0.15, 0.2) is 0 Å². The molecule has 0 saturated carbocycles. The summed E-state index contributed by atoms with van der Waals surface area (Å²) in [7, 11) is 1.09.